The lowest BCUT2D eigenvalue weighted by molar-refractivity contribution is 0.295. The van der Waals surface area contributed by atoms with E-state index in [1.807, 2.05) is 6.92 Å². The molecule has 0 aliphatic heterocycles. The molecule has 0 bridgehead atoms. The van der Waals surface area contributed by atoms with Crippen LogP contribution in [0.1, 0.15) is 20.3 Å². The van der Waals surface area contributed by atoms with E-state index < -0.39 is 15.3 Å². The van der Waals surface area contributed by atoms with E-state index in [-0.39, 0.29) is 6.61 Å². The molecular weight excluding hydrogens is 166 g/mol. The molecule has 5 heteroatoms. The zero-order valence-corrected chi connectivity index (χ0v) is 7.69. The molecule has 0 saturated carbocycles. The summed E-state index contributed by atoms with van der Waals surface area (Å²) in [7, 11) is -3.27. The molecule has 2 N–H and O–H groups in total. The SMILES string of the molecule is CCCNS(=O)(=O)C(C)CO. The Morgan fingerprint density at radius 1 is 1.55 bits per heavy atom. The zero-order valence-electron chi connectivity index (χ0n) is 6.87. The molecule has 0 spiro atoms. The monoisotopic (exact) mass is 181 g/mol. The van der Waals surface area contributed by atoms with Crippen LogP contribution in [0.4, 0.5) is 0 Å². The smallest absolute Gasteiger partial charge is 0.216 e. The Hall–Kier alpha value is -0.130. The van der Waals surface area contributed by atoms with Crippen molar-refractivity contribution in [3.8, 4) is 0 Å². The lowest BCUT2D eigenvalue weighted by Gasteiger charge is -2.09. The Kier molecular flexibility index (Phi) is 4.63. The molecule has 0 saturated heterocycles. The molecule has 0 aromatic rings. The van der Waals surface area contributed by atoms with Crippen LogP contribution in [0.3, 0.4) is 0 Å². The fourth-order valence-corrected chi connectivity index (χ4v) is 1.45. The maximum atomic E-state index is 11.0. The zero-order chi connectivity index (χ0) is 8.91. The van der Waals surface area contributed by atoms with Gasteiger partial charge in [-0.15, -0.1) is 0 Å². The van der Waals surface area contributed by atoms with E-state index in [1.165, 1.54) is 6.92 Å². The van der Waals surface area contributed by atoms with E-state index in [2.05, 4.69) is 4.72 Å². The summed E-state index contributed by atoms with van der Waals surface area (Å²) in [5, 5.41) is 7.84. The molecule has 0 aromatic heterocycles. The van der Waals surface area contributed by atoms with Crippen LogP contribution in [0.25, 0.3) is 0 Å². The van der Waals surface area contributed by atoms with Gasteiger partial charge in [0, 0.05) is 6.54 Å². The van der Waals surface area contributed by atoms with E-state index in [4.69, 9.17) is 5.11 Å². The molecule has 68 valence electrons. The molecule has 0 radical (unpaired) electrons. The van der Waals surface area contributed by atoms with E-state index >= 15 is 0 Å². The van der Waals surface area contributed by atoms with Gasteiger partial charge in [0.1, 0.15) is 0 Å². The lowest BCUT2D eigenvalue weighted by Crippen LogP contribution is -2.34. The Morgan fingerprint density at radius 3 is 2.45 bits per heavy atom. The van der Waals surface area contributed by atoms with Gasteiger partial charge >= 0.3 is 0 Å². The highest BCUT2D eigenvalue weighted by Gasteiger charge is 2.17. The van der Waals surface area contributed by atoms with Crippen LogP contribution in [-0.4, -0.2) is 31.9 Å². The normalized spacial score (nSPS) is 14.8. The summed E-state index contributed by atoms with van der Waals surface area (Å²) in [6.45, 7) is 3.45. The summed E-state index contributed by atoms with van der Waals surface area (Å²) in [6.07, 6.45) is 0.761. The maximum absolute atomic E-state index is 11.0. The molecule has 0 aliphatic carbocycles. The van der Waals surface area contributed by atoms with E-state index in [1.54, 1.807) is 0 Å². The standard InChI is InChI=1S/C6H15NO3S/c1-3-4-7-11(9,10)6(2)5-8/h6-8H,3-5H2,1-2H3. The molecule has 0 aliphatic rings. The van der Waals surface area contributed by atoms with Crippen LogP contribution in [0.15, 0.2) is 0 Å². The molecule has 0 aromatic carbocycles. The summed E-state index contributed by atoms with van der Waals surface area (Å²) in [5.74, 6) is 0. The van der Waals surface area contributed by atoms with Crippen molar-refractivity contribution in [3.63, 3.8) is 0 Å². The quantitative estimate of drug-likeness (QED) is 0.612. The number of hydrogen-bond donors (Lipinski definition) is 2. The van der Waals surface area contributed by atoms with Gasteiger partial charge in [-0.05, 0) is 13.3 Å². The van der Waals surface area contributed by atoms with Gasteiger partial charge in [-0.3, -0.25) is 0 Å². The molecule has 0 fully saturated rings. The van der Waals surface area contributed by atoms with Crippen molar-refractivity contribution in [2.75, 3.05) is 13.2 Å². The van der Waals surface area contributed by atoms with Gasteiger partial charge in [-0.25, -0.2) is 13.1 Å². The van der Waals surface area contributed by atoms with Gasteiger partial charge in [0.15, 0.2) is 0 Å². The number of sulfonamides is 1. The van der Waals surface area contributed by atoms with Crippen molar-refractivity contribution in [1.82, 2.24) is 4.72 Å². The fourth-order valence-electron chi connectivity index (χ4n) is 0.485. The summed E-state index contributed by atoms with van der Waals surface area (Å²) in [5.41, 5.74) is 0. The molecular formula is C6H15NO3S. The molecule has 1 atom stereocenters. The third kappa shape index (κ3) is 3.69. The number of rotatable bonds is 5. The van der Waals surface area contributed by atoms with Crippen molar-refractivity contribution in [1.29, 1.82) is 0 Å². The molecule has 0 amide bonds. The van der Waals surface area contributed by atoms with Crippen molar-refractivity contribution in [2.45, 2.75) is 25.5 Å². The fraction of sp³-hybridized carbons (Fsp3) is 1.00. The topological polar surface area (TPSA) is 66.4 Å². The van der Waals surface area contributed by atoms with Gasteiger partial charge in [-0.1, -0.05) is 6.92 Å². The largest absolute Gasteiger partial charge is 0.395 e. The summed E-state index contributed by atoms with van der Waals surface area (Å²) in [6, 6.07) is 0. The first-order valence-corrected chi connectivity index (χ1v) is 5.18. The number of nitrogens with one attached hydrogen (secondary N) is 1. The van der Waals surface area contributed by atoms with Crippen molar-refractivity contribution in [2.24, 2.45) is 0 Å². The first kappa shape index (κ1) is 10.9. The highest BCUT2D eigenvalue weighted by atomic mass is 32.2. The van der Waals surface area contributed by atoms with E-state index in [9.17, 15) is 8.42 Å². The first-order chi connectivity index (χ1) is 5.04. The minimum absolute atomic E-state index is 0.334. The maximum Gasteiger partial charge on any atom is 0.216 e. The molecule has 4 nitrogen and oxygen atoms in total. The third-order valence-corrected chi connectivity index (χ3v) is 3.16. The predicted octanol–water partition coefficient (Wildman–Crippen LogP) is -0.303. The van der Waals surface area contributed by atoms with Crippen molar-refractivity contribution >= 4 is 10.0 Å². The van der Waals surface area contributed by atoms with Crippen LogP contribution in [-0.2, 0) is 10.0 Å². The van der Waals surface area contributed by atoms with Crippen molar-refractivity contribution in [3.05, 3.63) is 0 Å². The summed E-state index contributed by atoms with van der Waals surface area (Å²) >= 11 is 0. The number of aliphatic hydroxyl groups is 1. The third-order valence-electron chi connectivity index (χ3n) is 1.34. The van der Waals surface area contributed by atoms with Gasteiger partial charge in [0.2, 0.25) is 10.0 Å². The Labute approximate surface area is 67.7 Å². The van der Waals surface area contributed by atoms with Crippen LogP contribution < -0.4 is 4.72 Å². The average Bonchev–Trinajstić information content (AvgIpc) is 1.99. The van der Waals surface area contributed by atoms with Gasteiger partial charge in [0.25, 0.3) is 0 Å². The second-order valence-electron chi connectivity index (χ2n) is 2.43. The molecule has 1 unspecified atom stereocenters. The number of hydrogen-bond acceptors (Lipinski definition) is 3. The van der Waals surface area contributed by atoms with Gasteiger partial charge in [0.05, 0.1) is 11.9 Å². The highest BCUT2D eigenvalue weighted by molar-refractivity contribution is 7.90. The number of aliphatic hydroxyl groups excluding tert-OH is 1. The van der Waals surface area contributed by atoms with E-state index in [0.29, 0.717) is 6.54 Å². The Bertz CT molecular complexity index is 188. The predicted molar refractivity (Wildman–Crippen MR) is 43.8 cm³/mol. The minimum Gasteiger partial charge on any atom is -0.395 e. The summed E-state index contributed by atoms with van der Waals surface area (Å²) in [4.78, 5) is 0. The summed E-state index contributed by atoms with van der Waals surface area (Å²) < 4.78 is 24.5. The van der Waals surface area contributed by atoms with E-state index in [0.717, 1.165) is 6.42 Å². The van der Waals surface area contributed by atoms with Crippen LogP contribution in [0.5, 0.6) is 0 Å². The van der Waals surface area contributed by atoms with Crippen molar-refractivity contribution < 1.29 is 13.5 Å². The molecule has 0 rings (SSSR count). The van der Waals surface area contributed by atoms with Crippen LogP contribution in [0, 0.1) is 0 Å². The molecule has 11 heavy (non-hydrogen) atoms. The Balaban J connectivity index is 4.01. The van der Waals surface area contributed by atoms with Gasteiger partial charge < -0.3 is 5.11 Å². The first-order valence-electron chi connectivity index (χ1n) is 3.64. The van der Waals surface area contributed by atoms with Crippen LogP contribution in [0.2, 0.25) is 0 Å². The Morgan fingerprint density at radius 2 is 2.09 bits per heavy atom. The second-order valence-corrected chi connectivity index (χ2v) is 4.62. The van der Waals surface area contributed by atoms with Crippen LogP contribution >= 0.6 is 0 Å². The highest BCUT2D eigenvalue weighted by Crippen LogP contribution is 1.95. The molecule has 0 heterocycles. The average molecular weight is 181 g/mol. The van der Waals surface area contributed by atoms with Gasteiger partial charge in [-0.2, -0.15) is 0 Å². The minimum atomic E-state index is -3.27. The lowest BCUT2D eigenvalue weighted by atomic mass is 10.5. The second kappa shape index (κ2) is 4.69.